The Morgan fingerprint density at radius 1 is 1.45 bits per heavy atom. The van der Waals surface area contributed by atoms with Gasteiger partial charge in [-0.25, -0.2) is 8.42 Å². The molecule has 0 radical (unpaired) electrons. The van der Waals surface area contributed by atoms with Gasteiger partial charge in [0.1, 0.15) is 0 Å². The highest BCUT2D eigenvalue weighted by molar-refractivity contribution is 7.89. The third-order valence-corrected chi connectivity index (χ3v) is 5.27. The van der Waals surface area contributed by atoms with Crippen molar-refractivity contribution in [3.05, 3.63) is 29.3 Å². The number of rotatable bonds is 2. The number of nitrogens with one attached hydrogen (secondary N) is 1. The number of piperazine rings is 1. The van der Waals surface area contributed by atoms with Gasteiger partial charge in [-0.15, -0.1) is 12.4 Å². The van der Waals surface area contributed by atoms with Crippen LogP contribution < -0.4 is 5.32 Å². The molecule has 110 valence electrons. The first kappa shape index (κ1) is 16.9. The second kappa shape index (κ2) is 6.55. The van der Waals surface area contributed by atoms with Crippen molar-refractivity contribution in [2.24, 2.45) is 0 Å². The number of sulfonamides is 1. The Morgan fingerprint density at radius 3 is 2.75 bits per heavy atom. The topological polar surface area (TPSA) is 73.2 Å². The van der Waals surface area contributed by atoms with Crippen LogP contribution in [0.4, 0.5) is 0 Å². The van der Waals surface area contributed by atoms with Crippen LogP contribution in [0.5, 0.6) is 0 Å². The molecule has 0 aromatic heterocycles. The fraction of sp³-hybridized carbons (Fsp3) is 0.462. The summed E-state index contributed by atoms with van der Waals surface area (Å²) in [6.45, 7) is 5.28. The monoisotopic (exact) mass is 315 g/mol. The van der Waals surface area contributed by atoms with Gasteiger partial charge in [0, 0.05) is 25.7 Å². The van der Waals surface area contributed by atoms with Crippen molar-refractivity contribution in [3.8, 4) is 6.07 Å². The molecule has 1 heterocycles. The van der Waals surface area contributed by atoms with Crippen LogP contribution in [0.1, 0.15) is 18.1 Å². The Balaban J connectivity index is 0.00000200. The molecule has 1 aromatic carbocycles. The van der Waals surface area contributed by atoms with Crippen LogP contribution in [0.25, 0.3) is 0 Å². The van der Waals surface area contributed by atoms with E-state index >= 15 is 0 Å². The lowest BCUT2D eigenvalue weighted by atomic mass is 10.2. The van der Waals surface area contributed by atoms with Crippen LogP contribution in [0.15, 0.2) is 23.1 Å². The van der Waals surface area contributed by atoms with E-state index in [0.717, 1.165) is 0 Å². The average Bonchev–Trinajstić information content (AvgIpc) is 2.39. The minimum absolute atomic E-state index is 0. The molecule has 1 fully saturated rings. The highest BCUT2D eigenvalue weighted by Crippen LogP contribution is 2.22. The predicted octanol–water partition coefficient (Wildman–Crippen LogP) is 1.27. The molecule has 0 bridgehead atoms. The van der Waals surface area contributed by atoms with Crippen LogP contribution in [0, 0.1) is 18.3 Å². The van der Waals surface area contributed by atoms with E-state index in [1.807, 2.05) is 13.0 Å². The second-order valence-electron chi connectivity index (χ2n) is 4.81. The van der Waals surface area contributed by atoms with Gasteiger partial charge in [-0.05, 0) is 31.5 Å². The van der Waals surface area contributed by atoms with Gasteiger partial charge in [-0.2, -0.15) is 9.57 Å². The summed E-state index contributed by atoms with van der Waals surface area (Å²) in [5.74, 6) is 0. The number of benzene rings is 1. The first-order valence-electron chi connectivity index (χ1n) is 6.19. The largest absolute Gasteiger partial charge is 0.312 e. The third kappa shape index (κ3) is 3.30. The fourth-order valence-electron chi connectivity index (χ4n) is 2.20. The molecule has 7 heteroatoms. The first-order valence-corrected chi connectivity index (χ1v) is 7.63. The molecule has 1 unspecified atom stereocenters. The summed E-state index contributed by atoms with van der Waals surface area (Å²) in [6, 6.07) is 6.89. The highest BCUT2D eigenvalue weighted by atomic mass is 35.5. The van der Waals surface area contributed by atoms with Gasteiger partial charge in [0.05, 0.1) is 16.5 Å². The summed E-state index contributed by atoms with van der Waals surface area (Å²) < 4.78 is 26.7. The smallest absolute Gasteiger partial charge is 0.243 e. The lowest BCUT2D eigenvalue weighted by Gasteiger charge is -2.31. The quantitative estimate of drug-likeness (QED) is 0.892. The molecule has 0 spiro atoms. The highest BCUT2D eigenvalue weighted by Gasteiger charge is 2.29. The lowest BCUT2D eigenvalue weighted by molar-refractivity contribution is 0.310. The zero-order valence-electron chi connectivity index (χ0n) is 11.5. The maximum atomic E-state index is 12.6. The van der Waals surface area contributed by atoms with E-state index in [1.165, 1.54) is 10.4 Å². The van der Waals surface area contributed by atoms with Gasteiger partial charge in [0.2, 0.25) is 10.0 Å². The van der Waals surface area contributed by atoms with E-state index in [9.17, 15) is 8.42 Å². The summed E-state index contributed by atoms with van der Waals surface area (Å²) in [5, 5.41) is 12.1. The number of nitrogens with zero attached hydrogens (tertiary/aromatic N) is 2. The Bertz CT molecular complexity index is 625. The summed E-state index contributed by atoms with van der Waals surface area (Å²) >= 11 is 0. The molecule has 1 aliphatic heterocycles. The van der Waals surface area contributed by atoms with Crippen molar-refractivity contribution < 1.29 is 8.42 Å². The Labute approximate surface area is 126 Å². The summed E-state index contributed by atoms with van der Waals surface area (Å²) in [7, 11) is -3.52. The summed E-state index contributed by atoms with van der Waals surface area (Å²) in [4.78, 5) is 0.237. The van der Waals surface area contributed by atoms with Crippen LogP contribution in [-0.4, -0.2) is 38.4 Å². The maximum Gasteiger partial charge on any atom is 0.243 e. The summed E-state index contributed by atoms with van der Waals surface area (Å²) in [6.07, 6.45) is 0. The molecule has 5 nitrogen and oxygen atoms in total. The van der Waals surface area contributed by atoms with Crippen molar-refractivity contribution in [2.45, 2.75) is 24.8 Å². The molecule has 1 saturated heterocycles. The first-order chi connectivity index (χ1) is 8.95. The van der Waals surface area contributed by atoms with Crippen LogP contribution >= 0.6 is 12.4 Å². The minimum atomic E-state index is -3.52. The van der Waals surface area contributed by atoms with Gasteiger partial charge in [0.15, 0.2) is 0 Å². The lowest BCUT2D eigenvalue weighted by Crippen LogP contribution is -2.51. The molecule has 1 aliphatic rings. The van der Waals surface area contributed by atoms with Crippen molar-refractivity contribution in [3.63, 3.8) is 0 Å². The van der Waals surface area contributed by atoms with Crippen molar-refractivity contribution >= 4 is 22.4 Å². The maximum absolute atomic E-state index is 12.6. The van der Waals surface area contributed by atoms with Crippen molar-refractivity contribution in [2.75, 3.05) is 19.6 Å². The molecule has 1 atom stereocenters. The van der Waals surface area contributed by atoms with Gasteiger partial charge in [0.25, 0.3) is 0 Å². The van der Waals surface area contributed by atoms with E-state index in [4.69, 9.17) is 5.26 Å². The molecule has 0 aliphatic carbocycles. The van der Waals surface area contributed by atoms with E-state index in [-0.39, 0.29) is 23.3 Å². The van der Waals surface area contributed by atoms with E-state index in [2.05, 4.69) is 5.32 Å². The van der Waals surface area contributed by atoms with E-state index in [0.29, 0.717) is 30.8 Å². The Kier molecular flexibility index (Phi) is 5.54. The Morgan fingerprint density at radius 2 is 2.15 bits per heavy atom. The third-order valence-electron chi connectivity index (χ3n) is 3.27. The standard InChI is InChI=1S/C13H17N3O2S.ClH/c1-10-3-4-12(8-14)7-13(10)19(17,18)16-6-5-15-11(2)9-16;/h3-4,7,11,15H,5-6,9H2,1-2H3;1H. The number of halogens is 1. The molecule has 0 saturated carbocycles. The van der Waals surface area contributed by atoms with E-state index in [1.54, 1.807) is 19.1 Å². The van der Waals surface area contributed by atoms with Gasteiger partial charge < -0.3 is 5.32 Å². The zero-order chi connectivity index (χ0) is 14.0. The van der Waals surface area contributed by atoms with Crippen molar-refractivity contribution in [1.29, 1.82) is 5.26 Å². The van der Waals surface area contributed by atoms with Gasteiger partial charge in [-0.3, -0.25) is 0 Å². The van der Waals surface area contributed by atoms with Crippen LogP contribution in [0.3, 0.4) is 0 Å². The molecular weight excluding hydrogens is 298 g/mol. The zero-order valence-corrected chi connectivity index (χ0v) is 13.1. The fourth-order valence-corrected chi connectivity index (χ4v) is 3.98. The average molecular weight is 316 g/mol. The Hall–Kier alpha value is -1.13. The minimum Gasteiger partial charge on any atom is -0.312 e. The molecule has 1 N–H and O–H groups in total. The summed E-state index contributed by atoms with van der Waals surface area (Å²) in [5.41, 5.74) is 1.04. The van der Waals surface area contributed by atoms with Crippen LogP contribution in [-0.2, 0) is 10.0 Å². The van der Waals surface area contributed by atoms with E-state index < -0.39 is 10.0 Å². The molecule has 1 aromatic rings. The normalized spacial score (nSPS) is 19.9. The molecule has 2 rings (SSSR count). The number of hydrogen-bond donors (Lipinski definition) is 1. The van der Waals surface area contributed by atoms with Gasteiger partial charge in [-0.1, -0.05) is 6.07 Å². The predicted molar refractivity (Wildman–Crippen MR) is 79.4 cm³/mol. The molecular formula is C13H18ClN3O2S. The number of aryl methyl sites for hydroxylation is 1. The van der Waals surface area contributed by atoms with Crippen LogP contribution in [0.2, 0.25) is 0 Å². The SMILES string of the molecule is Cc1ccc(C#N)cc1S(=O)(=O)N1CCNC(C)C1.Cl. The number of hydrogen-bond acceptors (Lipinski definition) is 4. The number of nitriles is 1. The van der Waals surface area contributed by atoms with Crippen molar-refractivity contribution in [1.82, 2.24) is 9.62 Å². The molecule has 0 amide bonds. The second-order valence-corrected chi connectivity index (χ2v) is 6.72. The molecule has 20 heavy (non-hydrogen) atoms. The van der Waals surface area contributed by atoms with Gasteiger partial charge >= 0.3 is 0 Å².